The van der Waals surface area contributed by atoms with Crippen molar-refractivity contribution in [3.63, 3.8) is 0 Å². The van der Waals surface area contributed by atoms with Crippen molar-refractivity contribution >= 4 is 5.91 Å². The third-order valence-electron chi connectivity index (χ3n) is 5.47. The molecule has 5 nitrogen and oxygen atoms in total. The maximum Gasteiger partial charge on any atom is 0.223 e. The standard InChI is InChI=1S/C21H25FN4O/c22-17-8-6-15(7-9-17)3-1-5-20(27)26-12-2-4-19(26)21-24-14-16-13-23-11-10-18(16)25-21/h6-9,14,19,23H,1-5,10-13H2/t19-/m1/s1. The molecule has 27 heavy (non-hydrogen) atoms. The monoisotopic (exact) mass is 368 g/mol. The van der Waals surface area contributed by atoms with Crippen molar-refractivity contribution in [3.8, 4) is 0 Å². The van der Waals surface area contributed by atoms with Crippen molar-refractivity contribution in [1.82, 2.24) is 20.2 Å². The molecule has 0 saturated carbocycles. The Morgan fingerprint density at radius 2 is 2.15 bits per heavy atom. The van der Waals surface area contributed by atoms with Crippen LogP contribution in [0.25, 0.3) is 0 Å². The zero-order valence-corrected chi connectivity index (χ0v) is 15.5. The summed E-state index contributed by atoms with van der Waals surface area (Å²) in [6.45, 7) is 2.55. The fourth-order valence-corrected chi connectivity index (χ4v) is 3.98. The van der Waals surface area contributed by atoms with Crippen molar-refractivity contribution in [3.05, 3.63) is 58.9 Å². The molecule has 2 aliphatic heterocycles. The second kappa shape index (κ2) is 8.13. The fourth-order valence-electron chi connectivity index (χ4n) is 3.98. The van der Waals surface area contributed by atoms with Crippen LogP contribution in [0.3, 0.4) is 0 Å². The molecular weight excluding hydrogens is 343 g/mol. The summed E-state index contributed by atoms with van der Waals surface area (Å²) in [7, 11) is 0. The normalized spacial score (nSPS) is 19.1. The van der Waals surface area contributed by atoms with Crippen molar-refractivity contribution < 1.29 is 9.18 Å². The second-order valence-electron chi connectivity index (χ2n) is 7.35. The maximum atomic E-state index is 13.0. The van der Waals surface area contributed by atoms with Gasteiger partial charge in [-0.05, 0) is 43.4 Å². The van der Waals surface area contributed by atoms with Crippen LogP contribution in [-0.4, -0.2) is 33.9 Å². The van der Waals surface area contributed by atoms with E-state index in [1.54, 1.807) is 12.1 Å². The summed E-state index contributed by atoms with van der Waals surface area (Å²) in [6.07, 6.45) is 6.82. The predicted octanol–water partition coefficient (Wildman–Crippen LogP) is 2.95. The highest BCUT2D eigenvalue weighted by molar-refractivity contribution is 5.76. The number of rotatable bonds is 5. The van der Waals surface area contributed by atoms with E-state index < -0.39 is 0 Å². The van der Waals surface area contributed by atoms with E-state index in [0.29, 0.717) is 6.42 Å². The van der Waals surface area contributed by atoms with Gasteiger partial charge in [0.1, 0.15) is 5.82 Å². The van der Waals surface area contributed by atoms with Gasteiger partial charge in [-0.1, -0.05) is 12.1 Å². The number of halogens is 1. The number of likely N-dealkylation sites (tertiary alicyclic amines) is 1. The summed E-state index contributed by atoms with van der Waals surface area (Å²) in [5.41, 5.74) is 3.35. The Kier molecular flexibility index (Phi) is 5.43. The molecule has 1 N–H and O–H groups in total. The first-order chi connectivity index (χ1) is 13.2. The summed E-state index contributed by atoms with van der Waals surface area (Å²) < 4.78 is 13.0. The SMILES string of the molecule is O=C(CCCc1ccc(F)cc1)N1CCC[C@@H]1c1ncc2c(n1)CCNC2. The van der Waals surface area contributed by atoms with Gasteiger partial charge in [0, 0.05) is 49.9 Å². The van der Waals surface area contributed by atoms with Crippen molar-refractivity contribution in [2.45, 2.75) is 51.1 Å². The lowest BCUT2D eigenvalue weighted by Gasteiger charge is -2.25. The first kappa shape index (κ1) is 18.0. The molecule has 1 saturated heterocycles. The smallest absolute Gasteiger partial charge is 0.223 e. The van der Waals surface area contributed by atoms with Gasteiger partial charge in [-0.15, -0.1) is 0 Å². The van der Waals surface area contributed by atoms with Gasteiger partial charge >= 0.3 is 0 Å². The number of carbonyl (C=O) groups is 1. The lowest BCUT2D eigenvalue weighted by atomic mass is 10.1. The Morgan fingerprint density at radius 3 is 3.00 bits per heavy atom. The Hall–Kier alpha value is -2.34. The van der Waals surface area contributed by atoms with Gasteiger partial charge in [-0.3, -0.25) is 4.79 Å². The van der Waals surface area contributed by atoms with Crippen LogP contribution in [0.15, 0.2) is 30.5 Å². The van der Waals surface area contributed by atoms with E-state index in [1.807, 2.05) is 11.1 Å². The highest BCUT2D eigenvalue weighted by Crippen LogP contribution is 2.31. The molecular formula is C21H25FN4O. The number of aryl methyl sites for hydroxylation is 1. The fraction of sp³-hybridized carbons (Fsp3) is 0.476. The molecule has 6 heteroatoms. The number of aromatic nitrogens is 2. The van der Waals surface area contributed by atoms with E-state index >= 15 is 0 Å². The quantitative estimate of drug-likeness (QED) is 0.882. The summed E-state index contributed by atoms with van der Waals surface area (Å²) in [5.74, 6) is 0.734. The highest BCUT2D eigenvalue weighted by Gasteiger charge is 2.32. The molecule has 1 amide bonds. The average Bonchev–Trinajstić information content (AvgIpc) is 3.19. The third kappa shape index (κ3) is 4.16. The van der Waals surface area contributed by atoms with Gasteiger partial charge in [0.25, 0.3) is 0 Å². The number of hydrogen-bond acceptors (Lipinski definition) is 4. The van der Waals surface area contributed by atoms with E-state index in [4.69, 9.17) is 4.98 Å². The van der Waals surface area contributed by atoms with Crippen molar-refractivity contribution in [2.75, 3.05) is 13.1 Å². The molecule has 0 radical (unpaired) electrons. The minimum absolute atomic E-state index is 0.00325. The zero-order chi connectivity index (χ0) is 18.6. The number of carbonyl (C=O) groups excluding carboxylic acids is 1. The molecule has 2 aromatic rings. The first-order valence-electron chi connectivity index (χ1n) is 9.80. The third-order valence-corrected chi connectivity index (χ3v) is 5.47. The number of benzene rings is 1. The van der Waals surface area contributed by atoms with E-state index in [9.17, 15) is 9.18 Å². The Balaban J connectivity index is 1.37. The van der Waals surface area contributed by atoms with Gasteiger partial charge < -0.3 is 10.2 Å². The molecule has 1 fully saturated rings. The van der Waals surface area contributed by atoms with Gasteiger partial charge in [-0.25, -0.2) is 14.4 Å². The van der Waals surface area contributed by atoms with Gasteiger partial charge in [0.2, 0.25) is 5.91 Å². The topological polar surface area (TPSA) is 58.1 Å². The lowest BCUT2D eigenvalue weighted by Crippen LogP contribution is -2.32. The Morgan fingerprint density at radius 1 is 1.30 bits per heavy atom. The van der Waals surface area contributed by atoms with E-state index in [0.717, 1.165) is 68.8 Å². The van der Waals surface area contributed by atoms with E-state index in [1.165, 1.54) is 17.7 Å². The minimum Gasteiger partial charge on any atom is -0.332 e. The lowest BCUT2D eigenvalue weighted by molar-refractivity contribution is -0.132. The number of hydrogen-bond donors (Lipinski definition) is 1. The molecule has 4 rings (SSSR count). The van der Waals surface area contributed by atoms with Crippen LogP contribution in [0.5, 0.6) is 0 Å². The Bertz CT molecular complexity index is 808. The van der Waals surface area contributed by atoms with Crippen LogP contribution in [-0.2, 0) is 24.2 Å². The molecule has 3 heterocycles. The Labute approximate surface area is 159 Å². The van der Waals surface area contributed by atoms with Gasteiger partial charge in [-0.2, -0.15) is 0 Å². The molecule has 142 valence electrons. The summed E-state index contributed by atoms with van der Waals surface area (Å²) in [5, 5.41) is 3.33. The van der Waals surface area contributed by atoms with Crippen LogP contribution < -0.4 is 5.32 Å². The largest absolute Gasteiger partial charge is 0.332 e. The second-order valence-corrected chi connectivity index (χ2v) is 7.35. The zero-order valence-electron chi connectivity index (χ0n) is 15.5. The van der Waals surface area contributed by atoms with Crippen LogP contribution in [0.1, 0.15) is 54.4 Å². The molecule has 0 spiro atoms. The minimum atomic E-state index is -0.226. The number of nitrogens with zero attached hydrogens (tertiary/aromatic N) is 3. The van der Waals surface area contributed by atoms with Gasteiger partial charge in [0.05, 0.1) is 6.04 Å². The van der Waals surface area contributed by atoms with Crippen LogP contribution in [0.2, 0.25) is 0 Å². The predicted molar refractivity (Wildman–Crippen MR) is 100 cm³/mol. The molecule has 0 bridgehead atoms. The molecule has 2 aliphatic rings. The van der Waals surface area contributed by atoms with Gasteiger partial charge in [0.15, 0.2) is 5.82 Å². The summed E-state index contributed by atoms with van der Waals surface area (Å²) in [6, 6.07) is 6.51. The molecule has 1 atom stereocenters. The van der Waals surface area contributed by atoms with Crippen LogP contribution in [0, 0.1) is 5.82 Å². The first-order valence-corrected chi connectivity index (χ1v) is 9.80. The molecule has 0 unspecified atom stereocenters. The number of fused-ring (bicyclic) bond motifs is 1. The van der Waals surface area contributed by atoms with E-state index in [-0.39, 0.29) is 17.8 Å². The molecule has 1 aromatic carbocycles. The molecule has 0 aliphatic carbocycles. The average molecular weight is 368 g/mol. The van der Waals surface area contributed by atoms with Crippen LogP contribution in [0.4, 0.5) is 4.39 Å². The molecule has 1 aromatic heterocycles. The number of amides is 1. The van der Waals surface area contributed by atoms with E-state index in [2.05, 4.69) is 10.3 Å². The van der Waals surface area contributed by atoms with Crippen LogP contribution >= 0.6 is 0 Å². The summed E-state index contributed by atoms with van der Waals surface area (Å²) >= 11 is 0. The number of nitrogens with one attached hydrogen (secondary N) is 1. The summed E-state index contributed by atoms with van der Waals surface area (Å²) in [4.78, 5) is 24.1. The highest BCUT2D eigenvalue weighted by atomic mass is 19.1. The van der Waals surface area contributed by atoms with Crippen molar-refractivity contribution in [2.24, 2.45) is 0 Å². The van der Waals surface area contributed by atoms with Crippen molar-refractivity contribution in [1.29, 1.82) is 0 Å². The maximum absolute atomic E-state index is 13.0.